The number of hydrogen-bond donors (Lipinski definition) is 1. The van der Waals surface area contributed by atoms with Crippen molar-refractivity contribution in [3.05, 3.63) is 33.1 Å². The Morgan fingerprint density at radius 2 is 2.36 bits per heavy atom. The van der Waals surface area contributed by atoms with Gasteiger partial charge in [-0.15, -0.1) is 11.3 Å². The van der Waals surface area contributed by atoms with Crippen molar-refractivity contribution in [2.45, 2.75) is 39.3 Å². The van der Waals surface area contributed by atoms with Crippen LogP contribution in [0, 0.1) is 6.92 Å². The molecule has 5 nitrogen and oxygen atoms in total. The van der Waals surface area contributed by atoms with Crippen LogP contribution in [-0.4, -0.2) is 29.7 Å². The van der Waals surface area contributed by atoms with Crippen LogP contribution in [-0.2, 0) is 11.3 Å². The third kappa shape index (κ3) is 2.68. The van der Waals surface area contributed by atoms with Gasteiger partial charge in [-0.3, -0.25) is 9.59 Å². The number of nitrogens with zero attached hydrogens (tertiary/aromatic N) is 1. The summed E-state index contributed by atoms with van der Waals surface area (Å²) in [7, 11) is 0. The molecule has 1 aliphatic heterocycles. The van der Waals surface area contributed by atoms with Crippen LogP contribution in [0.3, 0.4) is 0 Å². The van der Waals surface area contributed by atoms with Gasteiger partial charge in [0.25, 0.3) is 11.5 Å². The van der Waals surface area contributed by atoms with Crippen LogP contribution in [0.4, 0.5) is 0 Å². The fourth-order valence-electron chi connectivity index (χ4n) is 2.89. The Labute approximate surface area is 132 Å². The summed E-state index contributed by atoms with van der Waals surface area (Å²) in [5, 5.41) is 3.46. The molecular weight excluding hydrogens is 300 g/mol. The summed E-state index contributed by atoms with van der Waals surface area (Å²) in [4.78, 5) is 25.9. The van der Waals surface area contributed by atoms with Crippen LogP contribution in [0.25, 0.3) is 10.1 Å². The molecule has 2 aromatic rings. The number of nitrogens with one attached hydrogen (secondary N) is 1. The molecule has 1 aliphatic rings. The molecular formula is C16H20N2O3S. The van der Waals surface area contributed by atoms with Crippen molar-refractivity contribution in [2.24, 2.45) is 0 Å². The second kappa shape index (κ2) is 6.22. The lowest BCUT2D eigenvalue weighted by Crippen LogP contribution is -2.32. The van der Waals surface area contributed by atoms with E-state index in [1.54, 1.807) is 10.8 Å². The third-order valence-electron chi connectivity index (χ3n) is 4.07. The van der Waals surface area contributed by atoms with E-state index in [1.807, 2.05) is 19.9 Å². The van der Waals surface area contributed by atoms with Gasteiger partial charge in [0, 0.05) is 35.5 Å². The molecule has 22 heavy (non-hydrogen) atoms. The Balaban J connectivity index is 1.93. The van der Waals surface area contributed by atoms with Gasteiger partial charge in [0.2, 0.25) is 0 Å². The van der Waals surface area contributed by atoms with E-state index in [4.69, 9.17) is 4.74 Å². The Kier molecular flexibility index (Phi) is 4.31. The van der Waals surface area contributed by atoms with Crippen molar-refractivity contribution in [2.75, 3.05) is 13.2 Å². The zero-order valence-electron chi connectivity index (χ0n) is 12.8. The molecule has 1 fully saturated rings. The molecule has 1 atom stereocenters. The lowest BCUT2D eigenvalue weighted by atomic mass is 10.1. The average molecular weight is 320 g/mol. The van der Waals surface area contributed by atoms with Gasteiger partial charge in [-0.25, -0.2) is 0 Å². The topological polar surface area (TPSA) is 60.3 Å². The highest BCUT2D eigenvalue weighted by atomic mass is 32.1. The van der Waals surface area contributed by atoms with Crippen LogP contribution in [0.2, 0.25) is 0 Å². The first-order chi connectivity index (χ1) is 10.6. The van der Waals surface area contributed by atoms with Crippen LogP contribution in [0.5, 0.6) is 0 Å². The molecule has 0 bridgehead atoms. The summed E-state index contributed by atoms with van der Waals surface area (Å²) in [5.74, 6) is -0.176. The van der Waals surface area contributed by atoms with E-state index in [-0.39, 0.29) is 17.6 Å². The normalized spacial score (nSPS) is 18.0. The second-order valence-corrected chi connectivity index (χ2v) is 6.78. The molecule has 1 N–H and O–H groups in total. The fourth-order valence-corrected chi connectivity index (χ4v) is 3.93. The van der Waals surface area contributed by atoms with Crippen molar-refractivity contribution >= 4 is 27.3 Å². The first-order valence-corrected chi connectivity index (χ1v) is 8.45. The van der Waals surface area contributed by atoms with Crippen LogP contribution >= 0.6 is 11.3 Å². The highest BCUT2D eigenvalue weighted by molar-refractivity contribution is 7.19. The zero-order chi connectivity index (χ0) is 15.7. The van der Waals surface area contributed by atoms with Crippen LogP contribution in [0.1, 0.15) is 35.0 Å². The van der Waals surface area contributed by atoms with Crippen molar-refractivity contribution in [1.29, 1.82) is 0 Å². The molecule has 1 amide bonds. The van der Waals surface area contributed by atoms with E-state index in [0.29, 0.717) is 24.0 Å². The van der Waals surface area contributed by atoms with Gasteiger partial charge in [0.05, 0.1) is 17.1 Å². The van der Waals surface area contributed by atoms with Gasteiger partial charge in [-0.05, 0) is 32.8 Å². The lowest BCUT2D eigenvalue weighted by molar-refractivity contribution is 0.0859. The quantitative estimate of drug-likeness (QED) is 0.940. The van der Waals surface area contributed by atoms with E-state index in [2.05, 4.69) is 5.32 Å². The first kappa shape index (κ1) is 15.2. The third-order valence-corrected chi connectivity index (χ3v) is 5.14. The molecule has 0 aliphatic carbocycles. The van der Waals surface area contributed by atoms with Gasteiger partial charge in [0.15, 0.2) is 0 Å². The molecule has 0 spiro atoms. The van der Waals surface area contributed by atoms with Crippen LogP contribution < -0.4 is 10.9 Å². The minimum absolute atomic E-state index is 0.0911. The number of aromatic nitrogens is 1. The van der Waals surface area contributed by atoms with E-state index < -0.39 is 0 Å². The number of ether oxygens (including phenoxy) is 1. The number of carbonyl (C=O) groups excluding carboxylic acids is 1. The van der Waals surface area contributed by atoms with E-state index in [9.17, 15) is 9.59 Å². The molecule has 0 saturated carbocycles. The Bertz CT molecular complexity index is 757. The maximum Gasteiger partial charge on any atom is 0.260 e. The number of rotatable bonds is 4. The van der Waals surface area contributed by atoms with Gasteiger partial charge in [-0.2, -0.15) is 0 Å². The van der Waals surface area contributed by atoms with Gasteiger partial charge < -0.3 is 14.6 Å². The average Bonchev–Trinajstić information content (AvgIpc) is 3.12. The number of aryl methyl sites for hydroxylation is 2. The summed E-state index contributed by atoms with van der Waals surface area (Å²) in [5.41, 5.74) is 0.428. The number of amides is 1. The monoisotopic (exact) mass is 320 g/mol. The van der Waals surface area contributed by atoms with Gasteiger partial charge >= 0.3 is 0 Å². The minimum Gasteiger partial charge on any atom is -0.376 e. The maximum absolute atomic E-state index is 12.5. The standard InChI is InChI=1S/C16H20N2O3S/c1-3-18-7-6-12-14(16(18)20)13(10(2)22-12)15(19)17-9-11-5-4-8-21-11/h6-7,11H,3-5,8-9H2,1-2H3,(H,17,19). The van der Waals surface area contributed by atoms with E-state index in [1.165, 1.54) is 11.3 Å². The summed E-state index contributed by atoms with van der Waals surface area (Å²) in [6.45, 7) is 5.68. The van der Waals surface area contributed by atoms with Gasteiger partial charge in [-0.1, -0.05) is 0 Å². The Morgan fingerprint density at radius 3 is 3.05 bits per heavy atom. The number of hydrogen-bond acceptors (Lipinski definition) is 4. The highest BCUT2D eigenvalue weighted by Gasteiger charge is 2.22. The first-order valence-electron chi connectivity index (χ1n) is 7.64. The number of pyridine rings is 1. The molecule has 0 aromatic carbocycles. The summed E-state index contributed by atoms with van der Waals surface area (Å²) < 4.78 is 8.02. The molecule has 1 unspecified atom stereocenters. The van der Waals surface area contributed by atoms with Crippen molar-refractivity contribution in [3.63, 3.8) is 0 Å². The number of thiophene rings is 1. The SMILES string of the molecule is CCn1ccc2sc(C)c(C(=O)NCC3CCCO3)c2c1=O. The molecule has 1 saturated heterocycles. The number of fused-ring (bicyclic) bond motifs is 1. The molecule has 6 heteroatoms. The van der Waals surface area contributed by atoms with Crippen molar-refractivity contribution < 1.29 is 9.53 Å². The van der Waals surface area contributed by atoms with Crippen molar-refractivity contribution in [1.82, 2.24) is 9.88 Å². The zero-order valence-corrected chi connectivity index (χ0v) is 13.7. The Hall–Kier alpha value is -1.66. The molecule has 2 aromatic heterocycles. The maximum atomic E-state index is 12.5. The predicted octanol–water partition coefficient (Wildman–Crippen LogP) is 2.30. The van der Waals surface area contributed by atoms with E-state index in [0.717, 1.165) is 29.0 Å². The second-order valence-electron chi connectivity index (χ2n) is 5.52. The van der Waals surface area contributed by atoms with Crippen molar-refractivity contribution in [3.8, 4) is 0 Å². The minimum atomic E-state index is -0.176. The lowest BCUT2D eigenvalue weighted by Gasteiger charge is -2.11. The highest BCUT2D eigenvalue weighted by Crippen LogP contribution is 2.28. The van der Waals surface area contributed by atoms with E-state index >= 15 is 0 Å². The molecule has 3 rings (SSSR count). The summed E-state index contributed by atoms with van der Waals surface area (Å²) in [6.07, 6.45) is 3.91. The smallest absolute Gasteiger partial charge is 0.260 e. The summed E-state index contributed by atoms with van der Waals surface area (Å²) in [6, 6.07) is 1.91. The molecule has 3 heterocycles. The largest absolute Gasteiger partial charge is 0.376 e. The molecule has 0 radical (unpaired) electrons. The summed E-state index contributed by atoms with van der Waals surface area (Å²) >= 11 is 1.49. The number of carbonyl (C=O) groups is 1. The molecule has 118 valence electrons. The van der Waals surface area contributed by atoms with Crippen LogP contribution in [0.15, 0.2) is 17.1 Å². The predicted molar refractivity (Wildman–Crippen MR) is 87.8 cm³/mol. The van der Waals surface area contributed by atoms with Gasteiger partial charge in [0.1, 0.15) is 0 Å². The Morgan fingerprint density at radius 1 is 1.55 bits per heavy atom. The fraction of sp³-hybridized carbons (Fsp3) is 0.500.